The van der Waals surface area contributed by atoms with Crippen LogP contribution in [0.5, 0.6) is 0 Å². The predicted molar refractivity (Wildman–Crippen MR) is 87.7 cm³/mol. The largest absolute Gasteiger partial charge is 0.464 e. The molecule has 22 heavy (non-hydrogen) atoms. The quantitative estimate of drug-likeness (QED) is 0.785. The van der Waals surface area contributed by atoms with Gasteiger partial charge in [0.15, 0.2) is 0 Å². The summed E-state index contributed by atoms with van der Waals surface area (Å²) in [5.74, 6) is 0.407. The molecule has 0 aromatic heterocycles. The number of ether oxygens (including phenoxy) is 1. The Bertz CT molecular complexity index is 633. The standard InChI is InChI=1S/C20H22O2/c1-15(2)13-20(17-11-7-4-8-12-17)18(14-22-19(20)21)16-9-5-3-6-10-16/h3-12,15,18H,13-14H2,1-2H3. The van der Waals surface area contributed by atoms with Gasteiger partial charge in [-0.05, 0) is 23.5 Å². The van der Waals surface area contributed by atoms with Crippen LogP contribution >= 0.6 is 0 Å². The van der Waals surface area contributed by atoms with E-state index in [4.69, 9.17) is 4.74 Å². The number of rotatable bonds is 4. The van der Waals surface area contributed by atoms with E-state index < -0.39 is 5.41 Å². The van der Waals surface area contributed by atoms with Gasteiger partial charge in [0.25, 0.3) is 0 Å². The van der Waals surface area contributed by atoms with Crippen LogP contribution < -0.4 is 0 Å². The highest BCUT2D eigenvalue weighted by molar-refractivity contribution is 5.87. The van der Waals surface area contributed by atoms with Crippen molar-refractivity contribution in [2.75, 3.05) is 6.61 Å². The lowest BCUT2D eigenvalue weighted by atomic mass is 9.65. The molecule has 1 aliphatic rings. The summed E-state index contributed by atoms with van der Waals surface area (Å²) in [6.07, 6.45) is 0.801. The molecule has 1 heterocycles. The molecule has 2 nitrogen and oxygen atoms in total. The molecule has 2 unspecified atom stereocenters. The maximum Gasteiger partial charge on any atom is 0.317 e. The summed E-state index contributed by atoms with van der Waals surface area (Å²) in [4.78, 5) is 12.8. The van der Waals surface area contributed by atoms with Crippen LogP contribution in [0, 0.1) is 5.92 Å². The summed E-state index contributed by atoms with van der Waals surface area (Å²) in [6.45, 7) is 4.79. The highest BCUT2D eigenvalue weighted by Gasteiger charge is 2.54. The van der Waals surface area contributed by atoms with Crippen LogP contribution in [0.2, 0.25) is 0 Å². The van der Waals surface area contributed by atoms with Crippen molar-refractivity contribution < 1.29 is 9.53 Å². The maximum atomic E-state index is 12.8. The molecule has 0 aliphatic carbocycles. The fourth-order valence-electron chi connectivity index (χ4n) is 3.68. The number of esters is 1. The third kappa shape index (κ3) is 2.43. The van der Waals surface area contributed by atoms with Crippen LogP contribution in [0.25, 0.3) is 0 Å². The van der Waals surface area contributed by atoms with E-state index in [-0.39, 0.29) is 11.9 Å². The Balaban J connectivity index is 2.14. The molecule has 1 aliphatic heterocycles. The number of hydrogen-bond acceptors (Lipinski definition) is 2. The first-order valence-electron chi connectivity index (χ1n) is 7.92. The minimum Gasteiger partial charge on any atom is -0.464 e. The fourth-order valence-corrected chi connectivity index (χ4v) is 3.68. The van der Waals surface area contributed by atoms with Gasteiger partial charge in [0.1, 0.15) is 5.41 Å². The molecule has 0 N–H and O–H groups in total. The Morgan fingerprint density at radius 1 is 1.05 bits per heavy atom. The predicted octanol–water partition coefficient (Wildman–Crippen LogP) is 4.31. The zero-order chi connectivity index (χ0) is 15.6. The normalized spacial score (nSPS) is 24.5. The number of carbonyl (C=O) groups is 1. The van der Waals surface area contributed by atoms with Crippen molar-refractivity contribution in [1.82, 2.24) is 0 Å². The highest BCUT2D eigenvalue weighted by atomic mass is 16.5. The van der Waals surface area contributed by atoms with Gasteiger partial charge < -0.3 is 4.74 Å². The first kappa shape index (κ1) is 14.8. The van der Waals surface area contributed by atoms with Crippen molar-refractivity contribution >= 4 is 5.97 Å². The summed E-state index contributed by atoms with van der Waals surface area (Å²) in [6, 6.07) is 20.4. The molecule has 0 radical (unpaired) electrons. The second-order valence-electron chi connectivity index (χ2n) is 6.50. The molecule has 2 aromatic rings. The molecule has 2 aromatic carbocycles. The summed E-state index contributed by atoms with van der Waals surface area (Å²) in [7, 11) is 0. The molecule has 114 valence electrons. The number of cyclic esters (lactones) is 1. The van der Waals surface area contributed by atoms with Gasteiger partial charge in [-0.2, -0.15) is 0 Å². The lowest BCUT2D eigenvalue weighted by molar-refractivity contribution is -0.143. The lowest BCUT2D eigenvalue weighted by Gasteiger charge is -2.33. The molecule has 0 saturated carbocycles. The van der Waals surface area contributed by atoms with E-state index >= 15 is 0 Å². The molecule has 0 bridgehead atoms. The topological polar surface area (TPSA) is 26.3 Å². The van der Waals surface area contributed by atoms with Gasteiger partial charge in [-0.3, -0.25) is 4.79 Å². The van der Waals surface area contributed by atoms with Gasteiger partial charge in [-0.25, -0.2) is 0 Å². The van der Waals surface area contributed by atoms with Gasteiger partial charge in [0, 0.05) is 5.92 Å². The van der Waals surface area contributed by atoms with Gasteiger partial charge in [-0.15, -0.1) is 0 Å². The van der Waals surface area contributed by atoms with Crippen LogP contribution in [0.4, 0.5) is 0 Å². The summed E-state index contributed by atoms with van der Waals surface area (Å²) in [5.41, 5.74) is 1.68. The highest BCUT2D eigenvalue weighted by Crippen LogP contribution is 2.48. The van der Waals surface area contributed by atoms with E-state index in [9.17, 15) is 4.79 Å². The second-order valence-corrected chi connectivity index (χ2v) is 6.50. The average molecular weight is 294 g/mol. The van der Waals surface area contributed by atoms with Gasteiger partial charge >= 0.3 is 5.97 Å². The van der Waals surface area contributed by atoms with E-state index in [1.807, 2.05) is 36.4 Å². The van der Waals surface area contributed by atoms with Crippen LogP contribution in [0.1, 0.15) is 37.3 Å². The number of benzene rings is 2. The van der Waals surface area contributed by atoms with Crippen molar-refractivity contribution in [2.24, 2.45) is 5.92 Å². The number of carbonyl (C=O) groups excluding carboxylic acids is 1. The zero-order valence-electron chi connectivity index (χ0n) is 13.2. The van der Waals surface area contributed by atoms with E-state index in [0.29, 0.717) is 12.5 Å². The van der Waals surface area contributed by atoms with E-state index in [1.54, 1.807) is 0 Å². The molecule has 1 fully saturated rings. The SMILES string of the molecule is CC(C)CC1(c2ccccc2)C(=O)OCC1c1ccccc1. The van der Waals surface area contributed by atoms with Gasteiger partial charge in [-0.1, -0.05) is 74.5 Å². The Morgan fingerprint density at radius 2 is 1.64 bits per heavy atom. The van der Waals surface area contributed by atoms with E-state index in [0.717, 1.165) is 12.0 Å². The van der Waals surface area contributed by atoms with Crippen molar-refractivity contribution in [2.45, 2.75) is 31.6 Å². The summed E-state index contributed by atoms with van der Waals surface area (Å²) < 4.78 is 5.55. The van der Waals surface area contributed by atoms with E-state index in [1.165, 1.54) is 5.56 Å². The third-order valence-electron chi connectivity index (χ3n) is 4.56. The number of hydrogen-bond donors (Lipinski definition) is 0. The molecular weight excluding hydrogens is 272 g/mol. The monoisotopic (exact) mass is 294 g/mol. The van der Waals surface area contributed by atoms with Crippen molar-refractivity contribution in [3.63, 3.8) is 0 Å². The van der Waals surface area contributed by atoms with Crippen molar-refractivity contribution in [3.8, 4) is 0 Å². The smallest absolute Gasteiger partial charge is 0.317 e. The van der Waals surface area contributed by atoms with Crippen LogP contribution in [0.15, 0.2) is 60.7 Å². The minimum atomic E-state index is -0.573. The summed E-state index contributed by atoms with van der Waals surface area (Å²) in [5, 5.41) is 0. The van der Waals surface area contributed by atoms with E-state index in [2.05, 4.69) is 38.1 Å². The Labute approximate surface area is 132 Å². The Kier molecular flexibility index (Phi) is 4.02. The van der Waals surface area contributed by atoms with Crippen LogP contribution in [-0.4, -0.2) is 12.6 Å². The molecule has 0 spiro atoms. The van der Waals surface area contributed by atoms with Crippen molar-refractivity contribution in [1.29, 1.82) is 0 Å². The molecule has 0 amide bonds. The minimum absolute atomic E-state index is 0.0750. The molecular formula is C20H22O2. The van der Waals surface area contributed by atoms with Gasteiger partial charge in [0.2, 0.25) is 0 Å². The third-order valence-corrected chi connectivity index (χ3v) is 4.56. The second kappa shape index (κ2) is 5.96. The van der Waals surface area contributed by atoms with Crippen LogP contribution in [-0.2, 0) is 14.9 Å². The molecule has 2 atom stereocenters. The molecule has 1 saturated heterocycles. The first-order chi connectivity index (χ1) is 10.6. The molecule has 3 rings (SSSR count). The first-order valence-corrected chi connectivity index (χ1v) is 7.92. The average Bonchev–Trinajstić information content (AvgIpc) is 2.86. The van der Waals surface area contributed by atoms with Crippen molar-refractivity contribution in [3.05, 3.63) is 71.8 Å². The zero-order valence-corrected chi connectivity index (χ0v) is 13.2. The fraction of sp³-hybridized carbons (Fsp3) is 0.350. The summed E-state index contributed by atoms with van der Waals surface area (Å²) >= 11 is 0. The lowest BCUT2D eigenvalue weighted by Crippen LogP contribution is -2.38. The maximum absolute atomic E-state index is 12.8. The van der Waals surface area contributed by atoms with Gasteiger partial charge in [0.05, 0.1) is 6.61 Å². The Hall–Kier alpha value is -2.09. The van der Waals surface area contributed by atoms with Crippen LogP contribution in [0.3, 0.4) is 0 Å². The Morgan fingerprint density at radius 3 is 2.23 bits per heavy atom. The molecule has 2 heteroatoms.